The van der Waals surface area contributed by atoms with Gasteiger partial charge in [0.15, 0.2) is 11.4 Å². The van der Waals surface area contributed by atoms with Crippen molar-refractivity contribution in [3.05, 3.63) is 70.7 Å². The zero-order chi connectivity index (χ0) is 16.9. The quantitative estimate of drug-likeness (QED) is 0.643. The molecule has 0 N–H and O–H groups in total. The number of nitrogens with zero attached hydrogens (tertiary/aromatic N) is 2. The SMILES string of the molecule is Cc1cccc(C2CCN(C(=O)OCc3ccccc3)CC2)[n+]1[O-]. The number of pyridine rings is 1. The van der Waals surface area contributed by atoms with Crippen molar-refractivity contribution in [3.8, 4) is 0 Å². The number of hydrogen-bond donors (Lipinski definition) is 0. The monoisotopic (exact) mass is 326 g/mol. The topological polar surface area (TPSA) is 56.5 Å². The molecule has 1 aliphatic heterocycles. The highest BCUT2D eigenvalue weighted by Gasteiger charge is 2.29. The lowest BCUT2D eigenvalue weighted by molar-refractivity contribution is -0.622. The van der Waals surface area contributed by atoms with Crippen LogP contribution in [-0.2, 0) is 11.3 Å². The maximum atomic E-state index is 12.2. The summed E-state index contributed by atoms with van der Waals surface area (Å²) in [6.07, 6.45) is 1.29. The van der Waals surface area contributed by atoms with E-state index in [4.69, 9.17) is 4.74 Å². The molecule has 0 radical (unpaired) electrons. The molecule has 5 nitrogen and oxygen atoms in total. The molecule has 24 heavy (non-hydrogen) atoms. The summed E-state index contributed by atoms with van der Waals surface area (Å²) in [4.78, 5) is 13.9. The van der Waals surface area contributed by atoms with Crippen LogP contribution in [0.1, 0.15) is 35.7 Å². The van der Waals surface area contributed by atoms with E-state index in [0.717, 1.165) is 28.8 Å². The second-order valence-corrected chi connectivity index (χ2v) is 6.19. The number of rotatable bonds is 3. The van der Waals surface area contributed by atoms with Crippen LogP contribution in [0.4, 0.5) is 4.79 Å². The number of aryl methyl sites for hydroxylation is 1. The van der Waals surface area contributed by atoms with E-state index in [0.29, 0.717) is 18.8 Å². The van der Waals surface area contributed by atoms with Gasteiger partial charge in [-0.25, -0.2) is 4.79 Å². The normalized spacial score (nSPS) is 15.3. The van der Waals surface area contributed by atoms with Crippen molar-refractivity contribution in [2.45, 2.75) is 32.3 Å². The third-order valence-corrected chi connectivity index (χ3v) is 4.54. The maximum absolute atomic E-state index is 12.2. The van der Waals surface area contributed by atoms with Gasteiger partial charge in [-0.2, -0.15) is 4.73 Å². The Morgan fingerprint density at radius 3 is 2.58 bits per heavy atom. The Hall–Kier alpha value is -2.56. The lowest BCUT2D eigenvalue weighted by Gasteiger charge is -2.30. The minimum absolute atomic E-state index is 0.195. The molecule has 3 rings (SSSR count). The highest BCUT2D eigenvalue weighted by atomic mass is 16.6. The molecule has 0 atom stereocenters. The largest absolute Gasteiger partial charge is 0.618 e. The molecule has 2 heterocycles. The molecular formula is C19H22N2O3. The standard InChI is InChI=1S/C19H22N2O3/c1-15-6-5-9-18(21(15)23)17-10-12-20(13-11-17)19(22)24-14-16-7-3-2-4-8-16/h2-9,17H,10-14H2,1H3. The van der Waals surface area contributed by atoms with Crippen LogP contribution in [0.3, 0.4) is 0 Å². The summed E-state index contributed by atoms with van der Waals surface area (Å²) in [5.41, 5.74) is 2.48. The molecule has 5 heteroatoms. The first-order chi connectivity index (χ1) is 11.6. The zero-order valence-corrected chi connectivity index (χ0v) is 13.9. The number of benzene rings is 1. The van der Waals surface area contributed by atoms with Crippen molar-refractivity contribution >= 4 is 6.09 Å². The van der Waals surface area contributed by atoms with Crippen LogP contribution in [-0.4, -0.2) is 24.1 Å². The molecule has 0 saturated carbocycles. The lowest BCUT2D eigenvalue weighted by Crippen LogP contribution is -2.42. The Bertz CT molecular complexity index is 695. The second-order valence-electron chi connectivity index (χ2n) is 6.19. The summed E-state index contributed by atoms with van der Waals surface area (Å²) < 4.78 is 6.38. The number of ether oxygens (including phenoxy) is 1. The molecule has 0 aliphatic carbocycles. The van der Waals surface area contributed by atoms with E-state index in [2.05, 4.69) is 0 Å². The van der Waals surface area contributed by atoms with Gasteiger partial charge >= 0.3 is 6.09 Å². The van der Waals surface area contributed by atoms with E-state index >= 15 is 0 Å². The lowest BCUT2D eigenvalue weighted by atomic mass is 9.93. The fourth-order valence-electron chi connectivity index (χ4n) is 3.10. The van der Waals surface area contributed by atoms with Crippen molar-refractivity contribution in [2.24, 2.45) is 0 Å². The van der Waals surface area contributed by atoms with E-state index in [1.54, 1.807) is 4.90 Å². The van der Waals surface area contributed by atoms with Crippen molar-refractivity contribution in [1.82, 2.24) is 4.90 Å². The number of carbonyl (C=O) groups excluding carboxylic acids is 1. The van der Waals surface area contributed by atoms with Gasteiger partial charge in [0.05, 0.1) is 0 Å². The van der Waals surface area contributed by atoms with Gasteiger partial charge in [0.1, 0.15) is 6.61 Å². The van der Waals surface area contributed by atoms with Crippen molar-refractivity contribution in [3.63, 3.8) is 0 Å². The summed E-state index contributed by atoms with van der Waals surface area (Å²) in [5, 5.41) is 12.2. The number of carbonyl (C=O) groups is 1. The van der Waals surface area contributed by atoms with Gasteiger partial charge in [0, 0.05) is 38.1 Å². The van der Waals surface area contributed by atoms with Gasteiger partial charge in [-0.15, -0.1) is 0 Å². The minimum Gasteiger partial charge on any atom is -0.618 e. The van der Waals surface area contributed by atoms with Gasteiger partial charge in [-0.05, 0) is 24.5 Å². The van der Waals surface area contributed by atoms with Gasteiger partial charge < -0.3 is 14.8 Å². The fourth-order valence-corrected chi connectivity index (χ4v) is 3.10. The molecule has 1 fully saturated rings. The van der Waals surface area contributed by atoms with Crippen LogP contribution in [0.2, 0.25) is 0 Å². The molecule has 1 aromatic heterocycles. The number of likely N-dealkylation sites (tertiary alicyclic amines) is 1. The van der Waals surface area contributed by atoms with Gasteiger partial charge in [0.25, 0.3) is 0 Å². The van der Waals surface area contributed by atoms with E-state index < -0.39 is 0 Å². The summed E-state index contributed by atoms with van der Waals surface area (Å²) >= 11 is 0. The average molecular weight is 326 g/mol. The Labute approximate surface area is 142 Å². The molecule has 1 aliphatic rings. The van der Waals surface area contributed by atoms with Crippen LogP contribution in [0.5, 0.6) is 0 Å². The predicted molar refractivity (Wildman–Crippen MR) is 90.3 cm³/mol. The smallest absolute Gasteiger partial charge is 0.410 e. The van der Waals surface area contributed by atoms with E-state index in [9.17, 15) is 10.0 Å². The van der Waals surface area contributed by atoms with E-state index in [1.165, 1.54) is 0 Å². The van der Waals surface area contributed by atoms with Crippen LogP contribution in [0.25, 0.3) is 0 Å². The molecular weight excluding hydrogens is 304 g/mol. The van der Waals surface area contributed by atoms with Gasteiger partial charge in [-0.1, -0.05) is 30.3 Å². The predicted octanol–water partition coefficient (Wildman–Crippen LogP) is 3.14. The number of aromatic nitrogens is 1. The molecule has 1 saturated heterocycles. The first kappa shape index (κ1) is 16.3. The molecule has 0 unspecified atom stereocenters. The van der Waals surface area contributed by atoms with Crippen molar-refractivity contribution < 1.29 is 14.3 Å². The third kappa shape index (κ3) is 3.67. The Morgan fingerprint density at radius 1 is 1.17 bits per heavy atom. The Morgan fingerprint density at radius 2 is 1.88 bits per heavy atom. The zero-order valence-electron chi connectivity index (χ0n) is 13.9. The summed E-state index contributed by atoms with van der Waals surface area (Å²) in [6, 6.07) is 15.3. The molecule has 0 spiro atoms. The molecule has 1 amide bonds. The maximum Gasteiger partial charge on any atom is 0.410 e. The fraction of sp³-hybridized carbons (Fsp3) is 0.368. The van der Waals surface area contributed by atoms with Crippen LogP contribution in [0, 0.1) is 12.1 Å². The highest BCUT2D eigenvalue weighted by Crippen LogP contribution is 2.26. The minimum atomic E-state index is -0.281. The van der Waals surface area contributed by atoms with Gasteiger partial charge in [0.2, 0.25) is 0 Å². The van der Waals surface area contributed by atoms with Crippen molar-refractivity contribution in [1.29, 1.82) is 0 Å². The first-order valence-electron chi connectivity index (χ1n) is 8.30. The second kappa shape index (κ2) is 7.34. The summed E-state index contributed by atoms with van der Waals surface area (Å²) in [5.74, 6) is 0.195. The number of piperidine rings is 1. The summed E-state index contributed by atoms with van der Waals surface area (Å²) in [6.45, 7) is 3.34. The van der Waals surface area contributed by atoms with Crippen molar-refractivity contribution in [2.75, 3.05) is 13.1 Å². The van der Waals surface area contributed by atoms with E-state index in [-0.39, 0.29) is 18.6 Å². The van der Waals surface area contributed by atoms with E-state index in [1.807, 2.05) is 55.5 Å². The van der Waals surface area contributed by atoms with Crippen LogP contribution < -0.4 is 4.73 Å². The molecule has 2 aromatic rings. The Balaban J connectivity index is 1.53. The first-order valence-corrected chi connectivity index (χ1v) is 8.30. The van der Waals surface area contributed by atoms with Crippen LogP contribution in [0.15, 0.2) is 48.5 Å². The van der Waals surface area contributed by atoms with Gasteiger partial charge in [-0.3, -0.25) is 0 Å². The summed E-state index contributed by atoms with van der Waals surface area (Å²) in [7, 11) is 0. The molecule has 1 aromatic carbocycles. The number of amides is 1. The highest BCUT2D eigenvalue weighted by molar-refractivity contribution is 5.67. The average Bonchev–Trinajstić information content (AvgIpc) is 2.63. The third-order valence-electron chi connectivity index (χ3n) is 4.54. The molecule has 0 bridgehead atoms. The molecule has 126 valence electrons. The van der Waals surface area contributed by atoms with Crippen LogP contribution >= 0.6 is 0 Å². The Kier molecular flexibility index (Phi) is 4.99. The number of hydrogen-bond acceptors (Lipinski definition) is 3.